The Hall–Kier alpha value is -3.56. The van der Waals surface area contributed by atoms with Gasteiger partial charge in [-0.15, -0.1) is 0 Å². The number of hydrogen-bond acceptors (Lipinski definition) is 8. The van der Waals surface area contributed by atoms with Gasteiger partial charge >= 0.3 is 5.97 Å². The van der Waals surface area contributed by atoms with Crippen LogP contribution in [0.1, 0.15) is 81.1 Å². The lowest BCUT2D eigenvalue weighted by molar-refractivity contribution is -0.132. The van der Waals surface area contributed by atoms with E-state index in [0.717, 1.165) is 12.2 Å². The lowest BCUT2D eigenvalue weighted by atomic mass is 9.73. The fourth-order valence-electron chi connectivity index (χ4n) is 5.50. The van der Waals surface area contributed by atoms with E-state index in [0.29, 0.717) is 11.4 Å². The Labute approximate surface area is 236 Å². The summed E-state index contributed by atoms with van der Waals surface area (Å²) < 4.78 is 0. The number of carbonyl (C=O) groups excluding carboxylic acids is 5. The van der Waals surface area contributed by atoms with Crippen molar-refractivity contribution in [2.45, 2.75) is 93.2 Å². The summed E-state index contributed by atoms with van der Waals surface area (Å²) >= 11 is 0. The van der Waals surface area contributed by atoms with Gasteiger partial charge in [0.15, 0.2) is 23.1 Å². The second-order valence-corrected chi connectivity index (χ2v) is 12.7. The van der Waals surface area contributed by atoms with Crippen LogP contribution in [-0.4, -0.2) is 70.2 Å². The highest BCUT2D eigenvalue weighted by atomic mass is 16.4. The predicted molar refractivity (Wildman–Crippen MR) is 150 cm³/mol. The highest BCUT2D eigenvalue weighted by molar-refractivity contribution is 6.23. The minimum Gasteiger partial charge on any atom is -0.478 e. The number of nitrogens with one attached hydrogen (secondary N) is 2. The van der Waals surface area contributed by atoms with Crippen molar-refractivity contribution in [2.24, 2.45) is 10.8 Å². The molecular weight excluding hydrogens is 514 g/mol. The van der Waals surface area contributed by atoms with Crippen molar-refractivity contribution < 1.29 is 33.9 Å². The van der Waals surface area contributed by atoms with Crippen molar-refractivity contribution in [3.05, 3.63) is 34.7 Å². The molecule has 2 aliphatic rings. The fourth-order valence-corrected chi connectivity index (χ4v) is 5.50. The van der Waals surface area contributed by atoms with E-state index in [2.05, 4.69) is 10.6 Å². The lowest BCUT2D eigenvalue weighted by Gasteiger charge is -2.32. The van der Waals surface area contributed by atoms with E-state index >= 15 is 0 Å². The monoisotopic (exact) mass is 557 g/mol. The summed E-state index contributed by atoms with van der Waals surface area (Å²) in [6.07, 6.45) is 2.80. The first-order valence-corrected chi connectivity index (χ1v) is 13.6. The van der Waals surface area contributed by atoms with Crippen molar-refractivity contribution in [1.82, 2.24) is 15.5 Å². The molecule has 0 radical (unpaired) electrons. The molecule has 0 aromatic carbocycles. The van der Waals surface area contributed by atoms with Crippen molar-refractivity contribution in [2.75, 3.05) is 13.1 Å². The normalized spacial score (nSPS) is 20.3. The van der Waals surface area contributed by atoms with Gasteiger partial charge in [0.25, 0.3) is 0 Å². The third-order valence-corrected chi connectivity index (χ3v) is 7.02. The van der Waals surface area contributed by atoms with E-state index in [9.17, 15) is 28.8 Å². The van der Waals surface area contributed by atoms with Crippen LogP contribution in [0.4, 0.5) is 0 Å². The van der Waals surface area contributed by atoms with Crippen LogP contribution in [0, 0.1) is 10.8 Å². The SMILES string of the molecule is CC(NC(C)CN(CC(C)NC(C)=C1C(=O)CC(C)(C)CC1=O)C(=O)C=CC(=O)O)=C1C(=O)CC(C)(C)CC1=O. The standard InChI is InChI=1S/C30H43N3O7/c1-17(31-19(3)27-21(34)11-29(5,6)12-22(27)35)15-33(25(38)9-10-26(39)40)16-18(2)32-20(4)28-23(36)13-30(7,8)14-24(28)37/h9-10,17-18,31-32H,11-16H2,1-8H3,(H,39,40). The molecule has 0 aliphatic heterocycles. The van der Waals surface area contributed by atoms with Crippen LogP contribution in [0.15, 0.2) is 34.7 Å². The second-order valence-electron chi connectivity index (χ2n) is 12.7. The van der Waals surface area contributed by atoms with Crippen molar-refractivity contribution in [1.29, 1.82) is 0 Å². The topological polar surface area (TPSA) is 150 Å². The van der Waals surface area contributed by atoms with Crippen LogP contribution in [0.3, 0.4) is 0 Å². The van der Waals surface area contributed by atoms with Crippen LogP contribution in [0.2, 0.25) is 0 Å². The Morgan fingerprint density at radius 2 is 1.07 bits per heavy atom. The molecule has 2 saturated carbocycles. The zero-order valence-electron chi connectivity index (χ0n) is 24.9. The van der Waals surface area contributed by atoms with Gasteiger partial charge in [-0.3, -0.25) is 24.0 Å². The minimum atomic E-state index is -1.26. The van der Waals surface area contributed by atoms with E-state index in [4.69, 9.17) is 5.11 Å². The quantitative estimate of drug-likeness (QED) is 0.272. The van der Waals surface area contributed by atoms with E-state index in [-0.39, 0.29) is 96.0 Å². The van der Waals surface area contributed by atoms with Gasteiger partial charge in [0.1, 0.15) is 0 Å². The van der Waals surface area contributed by atoms with Crippen molar-refractivity contribution in [3.8, 4) is 0 Å². The van der Waals surface area contributed by atoms with Gasteiger partial charge < -0.3 is 20.6 Å². The molecule has 40 heavy (non-hydrogen) atoms. The molecule has 0 saturated heterocycles. The van der Waals surface area contributed by atoms with E-state index in [1.54, 1.807) is 27.7 Å². The highest BCUT2D eigenvalue weighted by Crippen LogP contribution is 2.35. The molecule has 2 rings (SSSR count). The number of hydrogen-bond donors (Lipinski definition) is 3. The molecule has 0 spiro atoms. The van der Waals surface area contributed by atoms with Gasteiger partial charge in [0.2, 0.25) is 5.91 Å². The molecular formula is C30H43N3O7. The molecule has 1 amide bonds. The number of nitrogens with zero attached hydrogens (tertiary/aromatic N) is 1. The Balaban J connectivity index is 2.20. The first kappa shape index (κ1) is 32.7. The molecule has 2 atom stereocenters. The predicted octanol–water partition coefficient (Wildman–Crippen LogP) is 2.88. The first-order valence-electron chi connectivity index (χ1n) is 13.6. The average Bonchev–Trinajstić information content (AvgIpc) is 2.73. The number of Topliss-reactive ketones (excluding diaryl/α,β-unsaturated/α-hetero) is 4. The van der Waals surface area contributed by atoms with Crippen LogP contribution in [-0.2, 0) is 28.8 Å². The number of aliphatic carboxylic acids is 1. The Morgan fingerprint density at radius 3 is 1.38 bits per heavy atom. The molecule has 220 valence electrons. The van der Waals surface area contributed by atoms with E-state index < -0.39 is 11.9 Å². The molecule has 2 aliphatic carbocycles. The van der Waals surface area contributed by atoms with E-state index in [1.807, 2.05) is 27.7 Å². The summed E-state index contributed by atoms with van der Waals surface area (Å²) in [4.78, 5) is 76.1. The fraction of sp³-hybridized carbons (Fsp3) is 0.600. The lowest BCUT2D eigenvalue weighted by Crippen LogP contribution is -2.47. The number of allylic oxidation sites excluding steroid dienone is 4. The Kier molecular flexibility index (Phi) is 10.4. The smallest absolute Gasteiger partial charge is 0.328 e. The summed E-state index contributed by atoms with van der Waals surface area (Å²) in [6, 6.07) is -0.777. The zero-order chi connectivity index (χ0) is 30.6. The van der Waals surface area contributed by atoms with Crippen LogP contribution in [0.5, 0.6) is 0 Å². The van der Waals surface area contributed by atoms with E-state index in [1.165, 1.54) is 4.90 Å². The van der Waals surface area contributed by atoms with Gasteiger partial charge in [-0.1, -0.05) is 27.7 Å². The number of carbonyl (C=O) groups is 6. The van der Waals surface area contributed by atoms with Gasteiger partial charge in [0.05, 0.1) is 11.1 Å². The number of carboxylic acids is 1. The van der Waals surface area contributed by atoms with Crippen LogP contribution < -0.4 is 10.6 Å². The number of amides is 1. The molecule has 0 aromatic rings. The second kappa shape index (κ2) is 12.7. The molecule has 0 bridgehead atoms. The number of carboxylic acid groups (broad SMARTS) is 1. The molecule has 10 nitrogen and oxygen atoms in total. The van der Waals surface area contributed by atoms with Crippen LogP contribution >= 0.6 is 0 Å². The zero-order valence-corrected chi connectivity index (χ0v) is 24.9. The summed E-state index contributed by atoms with van der Waals surface area (Å²) in [5.74, 6) is -2.67. The van der Waals surface area contributed by atoms with Gasteiger partial charge in [0, 0.05) is 74.4 Å². The Bertz CT molecular complexity index is 1070. The summed E-state index contributed by atoms with van der Waals surface area (Å²) in [6.45, 7) is 14.7. The van der Waals surface area contributed by atoms with Crippen molar-refractivity contribution >= 4 is 35.0 Å². The largest absolute Gasteiger partial charge is 0.478 e. The highest BCUT2D eigenvalue weighted by Gasteiger charge is 2.38. The summed E-state index contributed by atoms with van der Waals surface area (Å²) in [7, 11) is 0. The summed E-state index contributed by atoms with van der Waals surface area (Å²) in [5, 5.41) is 15.3. The van der Waals surface area contributed by atoms with Crippen molar-refractivity contribution in [3.63, 3.8) is 0 Å². The summed E-state index contributed by atoms with van der Waals surface area (Å²) in [5.41, 5.74) is 0.409. The molecule has 3 N–H and O–H groups in total. The average molecular weight is 558 g/mol. The van der Waals surface area contributed by atoms with Crippen LogP contribution in [0.25, 0.3) is 0 Å². The van der Waals surface area contributed by atoms with Gasteiger partial charge in [-0.2, -0.15) is 0 Å². The van der Waals surface area contributed by atoms with Gasteiger partial charge in [-0.25, -0.2) is 4.79 Å². The molecule has 2 unspecified atom stereocenters. The molecule has 10 heteroatoms. The van der Waals surface area contributed by atoms with Gasteiger partial charge in [-0.05, 0) is 38.5 Å². The third kappa shape index (κ3) is 8.99. The number of rotatable bonds is 10. The minimum absolute atomic E-state index is 0.134. The maximum absolute atomic E-state index is 12.9. The molecule has 0 aromatic heterocycles. The third-order valence-electron chi connectivity index (χ3n) is 7.02. The Morgan fingerprint density at radius 1 is 0.750 bits per heavy atom. The number of ketones is 4. The maximum atomic E-state index is 12.9. The molecule has 2 fully saturated rings. The first-order chi connectivity index (χ1) is 18.3. The molecule has 0 heterocycles. The maximum Gasteiger partial charge on any atom is 0.328 e.